The predicted molar refractivity (Wildman–Crippen MR) is 110 cm³/mol. The number of methoxy groups -OCH3 is 2. The fraction of sp³-hybridized carbons (Fsp3) is 0.250. The first-order valence-corrected chi connectivity index (χ1v) is 9.61. The molecule has 0 saturated heterocycles. The highest BCUT2D eigenvalue weighted by atomic mass is 32.1. The van der Waals surface area contributed by atoms with Crippen LogP contribution >= 0.6 is 11.3 Å². The Morgan fingerprint density at radius 1 is 1.17 bits per heavy atom. The van der Waals surface area contributed by atoms with Crippen LogP contribution in [0.25, 0.3) is 0 Å². The van der Waals surface area contributed by atoms with Gasteiger partial charge in [0.05, 0.1) is 32.2 Å². The topological polar surface area (TPSA) is 85.4 Å². The lowest BCUT2D eigenvalue weighted by atomic mass is 10.1. The van der Waals surface area contributed by atoms with Crippen molar-refractivity contribution in [1.29, 1.82) is 0 Å². The number of hydrogen-bond acceptors (Lipinski definition) is 7. The molecule has 1 aromatic carbocycles. The minimum atomic E-state index is -0.421. The summed E-state index contributed by atoms with van der Waals surface area (Å²) in [5.41, 5.74) is 1.48. The standard InChI is InChI=1S/C20H21FN4O3S/c1-11(13-5-7-15(27-3)16(9-13)28-4)23-19(26)18-12(2)24-20(29-18)25-17-8-6-14(21)10-22-17/h5-11H,1-4H3,(H,23,26)(H,22,24,25)/t11-/m1/s1. The van der Waals surface area contributed by atoms with E-state index in [0.717, 1.165) is 11.8 Å². The maximum Gasteiger partial charge on any atom is 0.263 e. The second kappa shape index (κ2) is 8.87. The molecule has 152 valence electrons. The van der Waals surface area contributed by atoms with E-state index in [1.165, 1.54) is 23.5 Å². The van der Waals surface area contributed by atoms with Gasteiger partial charge in [0.15, 0.2) is 16.6 Å². The summed E-state index contributed by atoms with van der Waals surface area (Å²) >= 11 is 1.20. The number of aryl methyl sites for hydroxylation is 1. The lowest BCUT2D eigenvalue weighted by molar-refractivity contribution is 0.0943. The molecule has 0 aliphatic heterocycles. The number of hydrogen-bond donors (Lipinski definition) is 2. The average Bonchev–Trinajstić information content (AvgIpc) is 3.09. The first-order valence-electron chi connectivity index (χ1n) is 8.80. The van der Waals surface area contributed by atoms with Crippen LogP contribution < -0.4 is 20.1 Å². The Bertz CT molecular complexity index is 1010. The zero-order chi connectivity index (χ0) is 21.0. The van der Waals surface area contributed by atoms with Crippen LogP contribution in [0.15, 0.2) is 36.5 Å². The van der Waals surface area contributed by atoms with Gasteiger partial charge in [0, 0.05) is 0 Å². The summed E-state index contributed by atoms with van der Waals surface area (Å²) in [6.07, 6.45) is 1.11. The van der Waals surface area contributed by atoms with Crippen molar-refractivity contribution in [2.45, 2.75) is 19.9 Å². The van der Waals surface area contributed by atoms with E-state index in [4.69, 9.17) is 9.47 Å². The van der Waals surface area contributed by atoms with Gasteiger partial charge in [-0.05, 0) is 43.7 Å². The van der Waals surface area contributed by atoms with Gasteiger partial charge in [0.1, 0.15) is 16.5 Å². The first kappa shape index (κ1) is 20.5. The van der Waals surface area contributed by atoms with E-state index in [0.29, 0.717) is 33.0 Å². The Morgan fingerprint density at radius 2 is 1.93 bits per heavy atom. The third kappa shape index (κ3) is 4.80. The Kier molecular flexibility index (Phi) is 6.28. The number of nitrogens with one attached hydrogen (secondary N) is 2. The van der Waals surface area contributed by atoms with Gasteiger partial charge in [-0.2, -0.15) is 0 Å². The maximum absolute atomic E-state index is 13.0. The first-order chi connectivity index (χ1) is 13.9. The van der Waals surface area contributed by atoms with Crippen molar-refractivity contribution in [1.82, 2.24) is 15.3 Å². The van der Waals surface area contributed by atoms with Gasteiger partial charge < -0.3 is 20.1 Å². The zero-order valence-electron chi connectivity index (χ0n) is 16.4. The lowest BCUT2D eigenvalue weighted by Gasteiger charge is -2.16. The van der Waals surface area contributed by atoms with Crippen molar-refractivity contribution in [3.8, 4) is 11.5 Å². The Hall–Kier alpha value is -3.20. The van der Waals surface area contributed by atoms with E-state index in [1.54, 1.807) is 27.2 Å². The molecule has 0 fully saturated rings. The largest absolute Gasteiger partial charge is 0.493 e. The summed E-state index contributed by atoms with van der Waals surface area (Å²) in [7, 11) is 3.14. The molecule has 0 spiro atoms. The van der Waals surface area contributed by atoms with Gasteiger partial charge in [-0.1, -0.05) is 17.4 Å². The van der Waals surface area contributed by atoms with Crippen LogP contribution in [-0.4, -0.2) is 30.1 Å². The molecule has 0 aliphatic carbocycles. The molecule has 2 N–H and O–H groups in total. The van der Waals surface area contributed by atoms with E-state index in [9.17, 15) is 9.18 Å². The molecule has 3 aromatic rings. The number of thiazole rings is 1. The molecule has 2 heterocycles. The molecule has 2 aromatic heterocycles. The summed E-state index contributed by atoms with van der Waals surface area (Å²) in [5.74, 6) is 1.01. The summed E-state index contributed by atoms with van der Waals surface area (Å²) in [6.45, 7) is 3.65. The zero-order valence-corrected chi connectivity index (χ0v) is 17.3. The third-order valence-electron chi connectivity index (χ3n) is 4.22. The molecule has 0 aliphatic rings. The minimum absolute atomic E-state index is 0.234. The van der Waals surface area contributed by atoms with Gasteiger partial charge >= 0.3 is 0 Å². The smallest absolute Gasteiger partial charge is 0.263 e. The molecule has 1 atom stereocenters. The van der Waals surface area contributed by atoms with E-state index < -0.39 is 5.82 Å². The quantitative estimate of drug-likeness (QED) is 0.599. The molecular formula is C20H21FN4O3S. The van der Waals surface area contributed by atoms with Crippen LogP contribution in [0, 0.1) is 12.7 Å². The molecule has 29 heavy (non-hydrogen) atoms. The summed E-state index contributed by atoms with van der Waals surface area (Å²) in [5, 5.41) is 6.45. The van der Waals surface area contributed by atoms with Crippen molar-refractivity contribution in [2.75, 3.05) is 19.5 Å². The van der Waals surface area contributed by atoms with E-state index in [2.05, 4.69) is 20.6 Å². The third-order valence-corrected chi connectivity index (χ3v) is 5.29. The summed E-state index contributed by atoms with van der Waals surface area (Å²) < 4.78 is 23.5. The fourth-order valence-corrected chi connectivity index (χ4v) is 3.56. The van der Waals surface area contributed by atoms with Crippen LogP contribution in [0.4, 0.5) is 15.3 Å². The van der Waals surface area contributed by atoms with Crippen LogP contribution in [0.5, 0.6) is 11.5 Å². The second-order valence-corrected chi connectivity index (χ2v) is 7.23. The Morgan fingerprint density at radius 3 is 2.59 bits per heavy atom. The van der Waals surface area contributed by atoms with Crippen molar-refractivity contribution in [3.05, 3.63) is 58.5 Å². The molecular weight excluding hydrogens is 395 g/mol. The lowest BCUT2D eigenvalue weighted by Crippen LogP contribution is -2.26. The Labute approximate surface area is 171 Å². The molecule has 0 bridgehead atoms. The molecule has 1 amide bonds. The number of amides is 1. The van der Waals surface area contributed by atoms with Crippen LogP contribution in [-0.2, 0) is 0 Å². The number of aromatic nitrogens is 2. The molecule has 9 heteroatoms. The van der Waals surface area contributed by atoms with Crippen LogP contribution in [0.3, 0.4) is 0 Å². The molecule has 0 saturated carbocycles. The maximum atomic E-state index is 13.0. The van der Waals surface area contributed by atoms with Crippen molar-refractivity contribution in [2.24, 2.45) is 0 Å². The van der Waals surface area contributed by atoms with Crippen LogP contribution in [0.2, 0.25) is 0 Å². The van der Waals surface area contributed by atoms with Crippen molar-refractivity contribution < 1.29 is 18.7 Å². The number of nitrogens with zero attached hydrogens (tertiary/aromatic N) is 2. The Balaban J connectivity index is 1.72. The average molecular weight is 416 g/mol. The molecule has 0 unspecified atom stereocenters. The monoisotopic (exact) mass is 416 g/mol. The summed E-state index contributed by atoms with van der Waals surface area (Å²) in [6, 6.07) is 8.06. The van der Waals surface area contributed by atoms with E-state index in [1.807, 2.05) is 19.1 Å². The van der Waals surface area contributed by atoms with E-state index in [-0.39, 0.29) is 11.9 Å². The molecule has 3 rings (SSSR count). The number of carbonyl (C=O) groups is 1. The van der Waals surface area contributed by atoms with Gasteiger partial charge in [-0.25, -0.2) is 14.4 Å². The number of ether oxygens (including phenoxy) is 2. The van der Waals surface area contributed by atoms with Crippen molar-refractivity contribution >= 4 is 28.2 Å². The number of pyridine rings is 1. The van der Waals surface area contributed by atoms with Gasteiger partial charge in [-0.15, -0.1) is 0 Å². The van der Waals surface area contributed by atoms with Gasteiger partial charge in [0.25, 0.3) is 5.91 Å². The van der Waals surface area contributed by atoms with Gasteiger partial charge in [0.2, 0.25) is 0 Å². The van der Waals surface area contributed by atoms with Crippen LogP contribution in [0.1, 0.15) is 33.9 Å². The fourth-order valence-electron chi connectivity index (χ4n) is 2.69. The number of halogens is 1. The number of benzene rings is 1. The molecule has 0 radical (unpaired) electrons. The highest BCUT2D eigenvalue weighted by molar-refractivity contribution is 7.17. The summed E-state index contributed by atoms with van der Waals surface area (Å²) in [4.78, 5) is 21.5. The van der Waals surface area contributed by atoms with Crippen molar-refractivity contribution in [3.63, 3.8) is 0 Å². The number of carbonyl (C=O) groups excluding carboxylic acids is 1. The van der Waals surface area contributed by atoms with Gasteiger partial charge in [-0.3, -0.25) is 4.79 Å². The minimum Gasteiger partial charge on any atom is -0.493 e. The SMILES string of the molecule is COc1ccc([C@@H](C)NC(=O)c2sc(Nc3ccc(F)cn3)nc2C)cc1OC. The highest BCUT2D eigenvalue weighted by Gasteiger charge is 2.19. The number of anilines is 2. The molecule has 7 nitrogen and oxygen atoms in total. The highest BCUT2D eigenvalue weighted by Crippen LogP contribution is 2.30. The second-order valence-electron chi connectivity index (χ2n) is 6.23. The van der Waals surface area contributed by atoms with E-state index >= 15 is 0 Å². The number of rotatable bonds is 7. The predicted octanol–water partition coefficient (Wildman–Crippen LogP) is 4.24. The normalized spacial score (nSPS) is 11.6.